The van der Waals surface area contributed by atoms with Crippen LogP contribution in [0, 0.1) is 0 Å². The molecule has 8 heteroatoms. The quantitative estimate of drug-likeness (QED) is 0.547. The Balaban J connectivity index is 1.46. The Morgan fingerprint density at radius 1 is 1.03 bits per heavy atom. The van der Waals surface area contributed by atoms with Crippen LogP contribution in [-0.2, 0) is 26.8 Å². The van der Waals surface area contributed by atoms with Gasteiger partial charge in [-0.15, -0.1) is 0 Å². The molecule has 3 aromatic rings. The number of anilines is 1. The van der Waals surface area contributed by atoms with Crippen molar-refractivity contribution in [2.24, 2.45) is 0 Å². The highest BCUT2D eigenvalue weighted by Gasteiger charge is 2.51. The molecule has 0 spiro atoms. The molecule has 1 amide bonds. The van der Waals surface area contributed by atoms with E-state index in [0.29, 0.717) is 5.82 Å². The molecule has 0 saturated heterocycles. The molecule has 0 radical (unpaired) electrons. The van der Waals surface area contributed by atoms with Crippen molar-refractivity contribution in [2.75, 3.05) is 18.7 Å². The van der Waals surface area contributed by atoms with Gasteiger partial charge in [-0.25, -0.2) is 18.1 Å². The van der Waals surface area contributed by atoms with Crippen molar-refractivity contribution in [2.45, 2.75) is 24.8 Å². The van der Waals surface area contributed by atoms with Crippen molar-refractivity contribution in [3.8, 4) is 17.0 Å². The predicted octanol–water partition coefficient (Wildman–Crippen LogP) is 3.48. The fraction of sp³-hybridized carbons (Fsp3) is 0.250. The number of amides is 1. The Labute approximate surface area is 187 Å². The fourth-order valence-corrected chi connectivity index (χ4v) is 4.02. The lowest BCUT2D eigenvalue weighted by molar-refractivity contribution is -0.118. The molecule has 1 aliphatic carbocycles. The number of benzene rings is 2. The average Bonchev–Trinajstić information content (AvgIpc) is 3.60. The molecule has 0 atom stereocenters. The molecule has 0 unspecified atom stereocenters. The minimum atomic E-state index is -3.24. The zero-order valence-corrected chi connectivity index (χ0v) is 18.8. The molecule has 2 N–H and O–H groups in total. The molecule has 1 heterocycles. The standard InChI is InChI=1S/C24H25N3O4S/c1-31-20-12-10-19(11-13-20)24(14-15-24)23(28)27-22-5-3-4-21(26-22)18-8-6-17(7-9-18)16-25-32(2,29)30/h3-13,25H,14-16H2,1-2H3,(H,26,27,28). The minimum Gasteiger partial charge on any atom is -0.497 e. The molecular weight excluding hydrogens is 426 g/mol. The smallest absolute Gasteiger partial charge is 0.236 e. The normalized spacial score (nSPS) is 14.6. The van der Waals surface area contributed by atoms with Crippen LogP contribution in [0.2, 0.25) is 0 Å². The summed E-state index contributed by atoms with van der Waals surface area (Å²) in [5, 5.41) is 2.97. The van der Waals surface area contributed by atoms with Gasteiger partial charge in [-0.2, -0.15) is 0 Å². The third-order valence-corrected chi connectivity index (χ3v) is 6.27. The van der Waals surface area contributed by atoms with Crippen molar-refractivity contribution >= 4 is 21.7 Å². The summed E-state index contributed by atoms with van der Waals surface area (Å²) >= 11 is 0. The maximum absolute atomic E-state index is 13.1. The van der Waals surface area contributed by atoms with Crippen LogP contribution in [0.15, 0.2) is 66.7 Å². The Kier molecular flexibility index (Phi) is 5.99. The first-order valence-corrected chi connectivity index (χ1v) is 12.2. The Morgan fingerprint density at radius 3 is 2.31 bits per heavy atom. The summed E-state index contributed by atoms with van der Waals surface area (Å²) in [4.78, 5) is 17.7. The first kappa shape index (κ1) is 22.0. The van der Waals surface area contributed by atoms with E-state index in [-0.39, 0.29) is 12.5 Å². The van der Waals surface area contributed by atoms with Gasteiger partial charge in [0.25, 0.3) is 0 Å². The SMILES string of the molecule is COc1ccc(C2(C(=O)Nc3cccc(-c4ccc(CNS(C)(=O)=O)cc4)n3)CC2)cc1. The summed E-state index contributed by atoms with van der Waals surface area (Å²) in [6.07, 6.45) is 2.73. The Hall–Kier alpha value is -3.23. The van der Waals surface area contributed by atoms with Gasteiger partial charge in [0.05, 0.1) is 24.5 Å². The van der Waals surface area contributed by atoms with E-state index in [0.717, 1.165) is 47.2 Å². The van der Waals surface area contributed by atoms with Gasteiger partial charge in [0.2, 0.25) is 15.9 Å². The maximum atomic E-state index is 13.1. The van der Waals surface area contributed by atoms with Crippen molar-refractivity contribution < 1.29 is 17.9 Å². The summed E-state index contributed by atoms with van der Waals surface area (Å²) in [6.45, 7) is 0.232. The molecule has 1 fully saturated rings. The maximum Gasteiger partial charge on any atom is 0.236 e. The number of aromatic nitrogens is 1. The minimum absolute atomic E-state index is 0.0606. The number of pyridine rings is 1. The number of hydrogen-bond acceptors (Lipinski definition) is 5. The van der Waals surface area contributed by atoms with E-state index >= 15 is 0 Å². The molecule has 7 nitrogen and oxygen atoms in total. The zero-order valence-electron chi connectivity index (χ0n) is 18.0. The van der Waals surface area contributed by atoms with Gasteiger partial charge in [-0.3, -0.25) is 4.79 Å². The van der Waals surface area contributed by atoms with Gasteiger partial charge < -0.3 is 10.1 Å². The van der Waals surface area contributed by atoms with Gasteiger partial charge in [-0.1, -0.05) is 42.5 Å². The number of carbonyl (C=O) groups is 1. The van der Waals surface area contributed by atoms with Crippen LogP contribution in [0.3, 0.4) is 0 Å². The van der Waals surface area contributed by atoms with Gasteiger partial charge in [-0.05, 0) is 48.2 Å². The second kappa shape index (κ2) is 8.72. The number of sulfonamides is 1. The third-order valence-electron chi connectivity index (χ3n) is 5.61. The van der Waals surface area contributed by atoms with E-state index in [2.05, 4.69) is 15.0 Å². The van der Waals surface area contributed by atoms with E-state index in [9.17, 15) is 13.2 Å². The number of nitrogens with one attached hydrogen (secondary N) is 2. The van der Waals surface area contributed by atoms with Crippen molar-refractivity contribution in [1.82, 2.24) is 9.71 Å². The largest absolute Gasteiger partial charge is 0.497 e. The monoisotopic (exact) mass is 451 g/mol. The second-order valence-electron chi connectivity index (χ2n) is 7.96. The second-order valence-corrected chi connectivity index (χ2v) is 9.80. The van der Waals surface area contributed by atoms with E-state index < -0.39 is 15.4 Å². The number of ether oxygens (including phenoxy) is 1. The molecule has 4 rings (SSSR count). The highest BCUT2D eigenvalue weighted by atomic mass is 32.2. The summed E-state index contributed by atoms with van der Waals surface area (Å²) in [7, 11) is -1.62. The number of hydrogen-bond donors (Lipinski definition) is 2. The lowest BCUT2D eigenvalue weighted by atomic mass is 9.95. The van der Waals surface area contributed by atoms with E-state index in [1.165, 1.54) is 0 Å². The fourth-order valence-electron chi connectivity index (χ4n) is 3.59. The molecule has 0 bridgehead atoms. The lowest BCUT2D eigenvalue weighted by Crippen LogP contribution is -2.28. The predicted molar refractivity (Wildman–Crippen MR) is 124 cm³/mol. The van der Waals surface area contributed by atoms with E-state index in [1.54, 1.807) is 13.2 Å². The molecule has 1 saturated carbocycles. The number of rotatable bonds is 8. The van der Waals surface area contributed by atoms with Gasteiger partial charge in [0.15, 0.2) is 0 Å². The third kappa shape index (κ3) is 4.98. The van der Waals surface area contributed by atoms with Gasteiger partial charge in [0, 0.05) is 12.1 Å². The van der Waals surface area contributed by atoms with Crippen LogP contribution in [0.5, 0.6) is 5.75 Å². The number of carbonyl (C=O) groups excluding carboxylic acids is 1. The summed E-state index contributed by atoms with van der Waals surface area (Å²) in [5.74, 6) is 1.20. The van der Waals surface area contributed by atoms with Crippen molar-refractivity contribution in [1.29, 1.82) is 0 Å². The molecular formula is C24H25N3O4S. The lowest BCUT2D eigenvalue weighted by Gasteiger charge is -2.16. The first-order chi connectivity index (χ1) is 15.3. The van der Waals surface area contributed by atoms with E-state index in [1.807, 2.05) is 60.7 Å². The van der Waals surface area contributed by atoms with Crippen LogP contribution >= 0.6 is 0 Å². The summed E-state index contributed by atoms with van der Waals surface area (Å²) < 4.78 is 30.2. The molecule has 0 aliphatic heterocycles. The molecule has 1 aliphatic rings. The molecule has 166 valence electrons. The van der Waals surface area contributed by atoms with Crippen molar-refractivity contribution in [3.05, 3.63) is 77.9 Å². The van der Waals surface area contributed by atoms with Crippen LogP contribution < -0.4 is 14.8 Å². The van der Waals surface area contributed by atoms with Crippen LogP contribution in [-0.4, -0.2) is 32.7 Å². The van der Waals surface area contributed by atoms with Crippen LogP contribution in [0.25, 0.3) is 11.3 Å². The van der Waals surface area contributed by atoms with Crippen molar-refractivity contribution in [3.63, 3.8) is 0 Å². The average molecular weight is 452 g/mol. The van der Waals surface area contributed by atoms with E-state index in [4.69, 9.17) is 4.74 Å². The highest BCUT2D eigenvalue weighted by Crippen LogP contribution is 2.49. The molecule has 1 aromatic heterocycles. The molecule has 2 aromatic carbocycles. The van der Waals surface area contributed by atoms with Gasteiger partial charge >= 0.3 is 0 Å². The van der Waals surface area contributed by atoms with Crippen LogP contribution in [0.1, 0.15) is 24.0 Å². The number of methoxy groups -OCH3 is 1. The topological polar surface area (TPSA) is 97.4 Å². The Morgan fingerprint density at radius 2 is 1.72 bits per heavy atom. The molecule has 32 heavy (non-hydrogen) atoms. The summed E-state index contributed by atoms with van der Waals surface area (Å²) in [6, 6.07) is 20.6. The highest BCUT2D eigenvalue weighted by molar-refractivity contribution is 7.88. The van der Waals surface area contributed by atoms with Crippen LogP contribution in [0.4, 0.5) is 5.82 Å². The zero-order chi connectivity index (χ0) is 22.8. The Bertz CT molecular complexity index is 1220. The summed E-state index contributed by atoms with van der Waals surface area (Å²) in [5.41, 5.74) is 2.90. The van der Waals surface area contributed by atoms with Gasteiger partial charge in [0.1, 0.15) is 11.6 Å². The first-order valence-electron chi connectivity index (χ1n) is 10.3. The number of nitrogens with zero attached hydrogens (tertiary/aromatic N) is 1.